The highest BCUT2D eigenvalue weighted by atomic mass is 35.5. The van der Waals surface area contributed by atoms with Gasteiger partial charge in [0.15, 0.2) is 5.82 Å². The molecule has 1 aromatic heterocycles. The fraction of sp³-hybridized carbons (Fsp3) is 0.692. The Morgan fingerprint density at radius 1 is 1.33 bits per heavy atom. The standard InChI is InChI=1S/C13H21ClN2O2/c1-4-17-9-12-15-11(14)8-13(16-12)18-7-5-6-10(2)3/h8,10H,4-7,9H2,1-3H3. The van der Waals surface area contributed by atoms with Crippen molar-refractivity contribution >= 4 is 11.6 Å². The lowest BCUT2D eigenvalue weighted by molar-refractivity contribution is 0.127. The number of aromatic nitrogens is 2. The second kappa shape index (κ2) is 8.27. The Bertz CT molecular complexity index is 359. The van der Waals surface area contributed by atoms with Gasteiger partial charge >= 0.3 is 0 Å². The highest BCUT2D eigenvalue weighted by molar-refractivity contribution is 6.29. The Balaban J connectivity index is 2.46. The van der Waals surface area contributed by atoms with Crippen LogP contribution in [0.2, 0.25) is 5.15 Å². The van der Waals surface area contributed by atoms with E-state index in [1.165, 1.54) is 0 Å². The third-order valence-electron chi connectivity index (χ3n) is 2.33. The molecule has 0 aliphatic heterocycles. The molecule has 102 valence electrons. The van der Waals surface area contributed by atoms with Crippen molar-refractivity contribution in [3.05, 3.63) is 17.0 Å². The minimum Gasteiger partial charge on any atom is -0.478 e. The van der Waals surface area contributed by atoms with Gasteiger partial charge in [0.2, 0.25) is 5.88 Å². The van der Waals surface area contributed by atoms with Crippen molar-refractivity contribution in [2.75, 3.05) is 13.2 Å². The summed E-state index contributed by atoms with van der Waals surface area (Å²) in [4.78, 5) is 8.32. The van der Waals surface area contributed by atoms with Crippen LogP contribution in [0.25, 0.3) is 0 Å². The highest BCUT2D eigenvalue weighted by Crippen LogP contribution is 2.15. The van der Waals surface area contributed by atoms with Crippen LogP contribution in [0.4, 0.5) is 0 Å². The van der Waals surface area contributed by atoms with Crippen LogP contribution in [0.5, 0.6) is 5.88 Å². The molecule has 0 fully saturated rings. The molecule has 0 saturated carbocycles. The fourth-order valence-electron chi connectivity index (χ4n) is 1.44. The number of nitrogens with zero attached hydrogens (tertiary/aromatic N) is 2. The van der Waals surface area contributed by atoms with E-state index in [0.29, 0.717) is 42.6 Å². The largest absolute Gasteiger partial charge is 0.478 e. The average Bonchev–Trinajstić information content (AvgIpc) is 2.31. The molecule has 5 heteroatoms. The zero-order valence-electron chi connectivity index (χ0n) is 11.3. The van der Waals surface area contributed by atoms with Crippen molar-refractivity contribution in [1.82, 2.24) is 9.97 Å². The number of rotatable bonds is 8. The topological polar surface area (TPSA) is 44.2 Å². The first kappa shape index (κ1) is 15.2. The molecule has 0 atom stereocenters. The summed E-state index contributed by atoms with van der Waals surface area (Å²) in [7, 11) is 0. The smallest absolute Gasteiger partial charge is 0.218 e. The molecule has 0 aromatic carbocycles. The van der Waals surface area contributed by atoms with Gasteiger partial charge in [-0.1, -0.05) is 25.4 Å². The quantitative estimate of drug-likeness (QED) is 0.537. The van der Waals surface area contributed by atoms with Crippen LogP contribution in [0.3, 0.4) is 0 Å². The van der Waals surface area contributed by atoms with E-state index in [9.17, 15) is 0 Å². The number of ether oxygens (including phenoxy) is 2. The third-order valence-corrected chi connectivity index (χ3v) is 2.52. The summed E-state index contributed by atoms with van der Waals surface area (Å²) in [6.07, 6.45) is 2.16. The molecule has 0 radical (unpaired) electrons. The molecular formula is C13H21ClN2O2. The molecule has 0 N–H and O–H groups in total. The van der Waals surface area contributed by atoms with E-state index in [1.807, 2.05) is 6.92 Å². The fourth-order valence-corrected chi connectivity index (χ4v) is 1.63. The predicted octanol–water partition coefficient (Wildman–Crippen LogP) is 3.48. The van der Waals surface area contributed by atoms with Gasteiger partial charge in [-0.05, 0) is 25.7 Å². The second-order valence-electron chi connectivity index (χ2n) is 4.47. The summed E-state index contributed by atoms with van der Waals surface area (Å²) in [5.41, 5.74) is 0. The van der Waals surface area contributed by atoms with Crippen molar-refractivity contribution < 1.29 is 9.47 Å². The second-order valence-corrected chi connectivity index (χ2v) is 4.85. The van der Waals surface area contributed by atoms with Gasteiger partial charge in [-0.25, -0.2) is 4.98 Å². The number of halogens is 1. The van der Waals surface area contributed by atoms with Gasteiger partial charge in [-0.15, -0.1) is 0 Å². The zero-order valence-corrected chi connectivity index (χ0v) is 12.0. The van der Waals surface area contributed by atoms with Crippen molar-refractivity contribution in [3.8, 4) is 5.88 Å². The molecule has 0 aliphatic carbocycles. The van der Waals surface area contributed by atoms with Crippen molar-refractivity contribution in [2.24, 2.45) is 5.92 Å². The molecule has 1 aromatic rings. The lowest BCUT2D eigenvalue weighted by Gasteiger charge is -2.08. The molecule has 0 unspecified atom stereocenters. The Morgan fingerprint density at radius 3 is 2.78 bits per heavy atom. The average molecular weight is 273 g/mol. The maximum Gasteiger partial charge on any atom is 0.218 e. The van der Waals surface area contributed by atoms with E-state index >= 15 is 0 Å². The molecule has 1 rings (SSSR count). The van der Waals surface area contributed by atoms with Crippen LogP contribution >= 0.6 is 11.6 Å². The van der Waals surface area contributed by atoms with Gasteiger partial charge in [0, 0.05) is 12.7 Å². The summed E-state index contributed by atoms with van der Waals surface area (Å²) in [5.74, 6) is 1.77. The Morgan fingerprint density at radius 2 is 2.11 bits per heavy atom. The summed E-state index contributed by atoms with van der Waals surface area (Å²) >= 11 is 5.91. The van der Waals surface area contributed by atoms with Gasteiger partial charge in [-0.3, -0.25) is 0 Å². The summed E-state index contributed by atoms with van der Waals surface area (Å²) in [6.45, 7) is 7.96. The van der Waals surface area contributed by atoms with Gasteiger partial charge < -0.3 is 9.47 Å². The van der Waals surface area contributed by atoms with E-state index in [2.05, 4.69) is 23.8 Å². The first-order chi connectivity index (χ1) is 8.61. The van der Waals surface area contributed by atoms with E-state index in [0.717, 1.165) is 12.8 Å². The van der Waals surface area contributed by atoms with Gasteiger partial charge in [0.05, 0.1) is 6.61 Å². The highest BCUT2D eigenvalue weighted by Gasteiger charge is 2.04. The van der Waals surface area contributed by atoms with Crippen molar-refractivity contribution in [1.29, 1.82) is 0 Å². The van der Waals surface area contributed by atoms with Crippen molar-refractivity contribution in [2.45, 2.75) is 40.2 Å². The lowest BCUT2D eigenvalue weighted by atomic mass is 10.1. The summed E-state index contributed by atoms with van der Waals surface area (Å²) in [6, 6.07) is 1.63. The van der Waals surface area contributed by atoms with Crippen molar-refractivity contribution in [3.63, 3.8) is 0 Å². The summed E-state index contributed by atoms with van der Waals surface area (Å²) < 4.78 is 10.8. The van der Waals surface area contributed by atoms with Crippen LogP contribution < -0.4 is 4.74 Å². The minimum atomic E-state index is 0.361. The minimum absolute atomic E-state index is 0.361. The normalized spacial score (nSPS) is 10.9. The lowest BCUT2D eigenvalue weighted by Crippen LogP contribution is -2.05. The molecule has 0 amide bonds. The van der Waals surface area contributed by atoms with Crippen LogP contribution in [0, 0.1) is 5.92 Å². The first-order valence-corrected chi connectivity index (χ1v) is 6.73. The van der Waals surface area contributed by atoms with Crippen LogP contribution in [0.15, 0.2) is 6.07 Å². The molecule has 18 heavy (non-hydrogen) atoms. The van der Waals surface area contributed by atoms with E-state index in [-0.39, 0.29) is 0 Å². The maximum absolute atomic E-state index is 5.91. The van der Waals surface area contributed by atoms with Crippen LogP contribution in [-0.2, 0) is 11.3 Å². The Kier molecular flexibility index (Phi) is 6.98. The number of hydrogen-bond donors (Lipinski definition) is 0. The predicted molar refractivity (Wildman–Crippen MR) is 71.9 cm³/mol. The SMILES string of the molecule is CCOCc1nc(Cl)cc(OCCCC(C)C)n1. The van der Waals surface area contributed by atoms with E-state index in [4.69, 9.17) is 21.1 Å². The van der Waals surface area contributed by atoms with Gasteiger partial charge in [0.25, 0.3) is 0 Å². The molecule has 0 saturated heterocycles. The van der Waals surface area contributed by atoms with Gasteiger partial charge in [0.1, 0.15) is 11.8 Å². The van der Waals surface area contributed by atoms with E-state index < -0.39 is 0 Å². The van der Waals surface area contributed by atoms with Crippen LogP contribution in [0.1, 0.15) is 39.4 Å². The zero-order chi connectivity index (χ0) is 13.4. The molecular weight excluding hydrogens is 252 g/mol. The summed E-state index contributed by atoms with van der Waals surface area (Å²) in [5, 5.41) is 0.388. The van der Waals surface area contributed by atoms with Gasteiger partial charge in [-0.2, -0.15) is 4.98 Å². The van der Waals surface area contributed by atoms with Crippen LogP contribution in [-0.4, -0.2) is 23.2 Å². The Hall–Kier alpha value is -0.870. The molecule has 1 heterocycles. The monoisotopic (exact) mass is 272 g/mol. The third kappa shape index (κ3) is 6.17. The first-order valence-electron chi connectivity index (χ1n) is 6.35. The molecule has 0 spiro atoms. The molecule has 0 bridgehead atoms. The molecule has 4 nitrogen and oxygen atoms in total. The molecule has 0 aliphatic rings. The van der Waals surface area contributed by atoms with E-state index in [1.54, 1.807) is 6.07 Å². The maximum atomic E-state index is 5.91. The number of hydrogen-bond acceptors (Lipinski definition) is 4. The Labute approximate surface area is 114 Å².